The second-order valence-electron chi connectivity index (χ2n) is 10.8. The van der Waals surface area contributed by atoms with Crippen molar-refractivity contribution in [3.63, 3.8) is 0 Å². The van der Waals surface area contributed by atoms with E-state index in [2.05, 4.69) is 4.90 Å². The Hall–Kier alpha value is -3.58. The van der Waals surface area contributed by atoms with E-state index >= 15 is 0 Å². The Morgan fingerprint density at radius 1 is 0.976 bits per heavy atom. The Kier molecular flexibility index (Phi) is 8.26. The molecule has 0 bridgehead atoms. The fourth-order valence-electron chi connectivity index (χ4n) is 6.03. The molecular formula is C30H36N4O7S. The average molecular weight is 597 g/mol. The zero-order valence-electron chi connectivity index (χ0n) is 24.1. The molecule has 2 aromatic carbocycles. The van der Waals surface area contributed by atoms with E-state index in [1.165, 1.54) is 43.3 Å². The highest BCUT2D eigenvalue weighted by Gasteiger charge is 2.66. The summed E-state index contributed by atoms with van der Waals surface area (Å²) < 4.78 is 31.7. The van der Waals surface area contributed by atoms with E-state index in [1.54, 1.807) is 29.2 Å². The quantitative estimate of drug-likeness (QED) is 0.265. The molecule has 1 N–H and O–H groups in total. The van der Waals surface area contributed by atoms with Gasteiger partial charge in [0.15, 0.2) is 5.54 Å². The van der Waals surface area contributed by atoms with E-state index in [9.17, 15) is 27.9 Å². The zero-order chi connectivity index (χ0) is 30.2. The van der Waals surface area contributed by atoms with E-state index in [-0.39, 0.29) is 22.6 Å². The molecule has 1 atom stereocenters. The minimum atomic E-state index is -3.74. The van der Waals surface area contributed by atoms with Crippen LogP contribution >= 0.6 is 0 Å². The summed E-state index contributed by atoms with van der Waals surface area (Å²) in [6.45, 7) is 5.84. The first-order valence-corrected chi connectivity index (χ1v) is 15.5. The van der Waals surface area contributed by atoms with Crippen LogP contribution in [0.3, 0.4) is 0 Å². The fourth-order valence-corrected chi connectivity index (χ4v) is 6.93. The molecule has 2 saturated heterocycles. The summed E-state index contributed by atoms with van der Waals surface area (Å²) in [6.07, 6.45) is 1.15. The maximum Gasteiger partial charge on any atom is 0.296 e. The van der Waals surface area contributed by atoms with E-state index in [0.29, 0.717) is 50.4 Å². The molecule has 12 heteroatoms. The lowest BCUT2D eigenvalue weighted by molar-refractivity contribution is -0.143. The van der Waals surface area contributed by atoms with Crippen molar-refractivity contribution in [2.75, 3.05) is 64.9 Å². The molecule has 2 amide bonds. The number of ketones is 1. The van der Waals surface area contributed by atoms with Crippen LogP contribution in [0.15, 0.2) is 59.0 Å². The van der Waals surface area contributed by atoms with Gasteiger partial charge in [-0.1, -0.05) is 25.1 Å². The second-order valence-corrected chi connectivity index (χ2v) is 13.0. The topological polar surface area (TPSA) is 128 Å². The fraction of sp³-hybridized carbons (Fsp3) is 0.433. The molecule has 2 fully saturated rings. The lowest BCUT2D eigenvalue weighted by atomic mass is 9.82. The van der Waals surface area contributed by atoms with Crippen molar-refractivity contribution in [3.8, 4) is 0 Å². The summed E-state index contributed by atoms with van der Waals surface area (Å²) in [5.74, 6) is -2.80. The van der Waals surface area contributed by atoms with Crippen LogP contribution in [-0.4, -0.2) is 105 Å². The lowest BCUT2D eigenvalue weighted by Crippen LogP contribution is -2.52. The number of likely N-dealkylation sites (tertiary alicyclic amines) is 1. The minimum absolute atomic E-state index is 0.00117. The Bertz CT molecular complexity index is 1530. The number of Topliss-reactive ketones (excluding diaryl/α,β-unsaturated/α-hetero) is 1. The van der Waals surface area contributed by atoms with Crippen LogP contribution in [0, 0.1) is 0 Å². The summed E-state index contributed by atoms with van der Waals surface area (Å²) in [5, 5.41) is 11.7. The first kappa shape index (κ1) is 29.9. The molecule has 0 aliphatic carbocycles. The van der Waals surface area contributed by atoms with Crippen molar-refractivity contribution in [3.05, 3.63) is 65.2 Å². The van der Waals surface area contributed by atoms with Gasteiger partial charge in [0.2, 0.25) is 10.0 Å². The number of ether oxygens (including phenoxy) is 1. The van der Waals surface area contributed by atoms with E-state index in [1.807, 2.05) is 6.92 Å². The van der Waals surface area contributed by atoms with E-state index in [0.717, 1.165) is 17.4 Å². The van der Waals surface area contributed by atoms with Crippen LogP contribution in [0.2, 0.25) is 0 Å². The summed E-state index contributed by atoms with van der Waals surface area (Å²) in [7, 11) is -0.916. The number of anilines is 1. The number of hydrogen-bond donors (Lipinski definition) is 1. The van der Waals surface area contributed by atoms with Gasteiger partial charge in [-0.2, -0.15) is 0 Å². The SMILES string of the molecule is CCCN1C(=O)C2(/C(=C(/O)c3ccc(S(=O)(=O)N(C)C)cc3)C(=O)C(=O)N2CCCN2CCOCC2)c2ccccc21. The number of amides is 2. The number of benzene rings is 2. The van der Waals surface area contributed by atoms with Crippen molar-refractivity contribution in [2.24, 2.45) is 0 Å². The Labute approximate surface area is 246 Å². The predicted octanol–water partition coefficient (Wildman–Crippen LogP) is 1.99. The van der Waals surface area contributed by atoms with Crippen molar-refractivity contribution in [1.29, 1.82) is 0 Å². The molecule has 42 heavy (non-hydrogen) atoms. The first-order valence-electron chi connectivity index (χ1n) is 14.1. The van der Waals surface area contributed by atoms with Crippen LogP contribution in [0.25, 0.3) is 5.76 Å². The molecule has 224 valence electrons. The number of rotatable bonds is 9. The van der Waals surface area contributed by atoms with Gasteiger partial charge in [0.05, 0.1) is 29.4 Å². The highest BCUT2D eigenvalue weighted by Crippen LogP contribution is 2.53. The van der Waals surface area contributed by atoms with Crippen molar-refractivity contribution >= 4 is 39.1 Å². The molecule has 3 aliphatic rings. The van der Waals surface area contributed by atoms with Crippen LogP contribution < -0.4 is 4.90 Å². The monoisotopic (exact) mass is 596 g/mol. The molecule has 1 spiro atoms. The number of carbonyl (C=O) groups is 3. The number of para-hydroxylation sites is 1. The largest absolute Gasteiger partial charge is 0.507 e. The van der Waals surface area contributed by atoms with Gasteiger partial charge in [-0.3, -0.25) is 19.3 Å². The van der Waals surface area contributed by atoms with Gasteiger partial charge in [-0.25, -0.2) is 12.7 Å². The summed E-state index contributed by atoms with van der Waals surface area (Å²) in [6, 6.07) is 12.4. The third-order valence-electron chi connectivity index (χ3n) is 8.12. The Morgan fingerprint density at radius 3 is 2.29 bits per heavy atom. The number of nitrogens with zero attached hydrogens (tertiary/aromatic N) is 4. The molecule has 2 aromatic rings. The van der Waals surface area contributed by atoms with Gasteiger partial charge in [0, 0.05) is 57.9 Å². The first-order chi connectivity index (χ1) is 20.1. The third kappa shape index (κ3) is 4.72. The molecule has 0 radical (unpaired) electrons. The lowest BCUT2D eigenvalue weighted by Gasteiger charge is -2.35. The molecular weight excluding hydrogens is 560 g/mol. The van der Waals surface area contributed by atoms with Gasteiger partial charge in [0.1, 0.15) is 5.76 Å². The molecule has 0 saturated carbocycles. The van der Waals surface area contributed by atoms with Crippen LogP contribution in [0.5, 0.6) is 0 Å². The zero-order valence-corrected chi connectivity index (χ0v) is 24.9. The smallest absolute Gasteiger partial charge is 0.296 e. The normalized spacial score (nSPS) is 22.5. The van der Waals surface area contributed by atoms with Gasteiger partial charge in [0.25, 0.3) is 17.6 Å². The van der Waals surface area contributed by atoms with Crippen LogP contribution in [0.1, 0.15) is 30.9 Å². The Morgan fingerprint density at radius 2 is 1.64 bits per heavy atom. The predicted molar refractivity (Wildman–Crippen MR) is 156 cm³/mol. The average Bonchev–Trinajstić information content (AvgIpc) is 3.36. The summed E-state index contributed by atoms with van der Waals surface area (Å²) in [4.78, 5) is 47.1. The van der Waals surface area contributed by atoms with Gasteiger partial charge < -0.3 is 19.6 Å². The molecule has 5 rings (SSSR count). The number of sulfonamides is 1. The number of aliphatic hydroxyl groups excluding tert-OH is 1. The molecule has 3 aliphatic heterocycles. The number of hydrogen-bond acceptors (Lipinski definition) is 8. The van der Waals surface area contributed by atoms with Gasteiger partial charge in [-0.15, -0.1) is 0 Å². The summed E-state index contributed by atoms with van der Waals surface area (Å²) in [5.41, 5.74) is -0.982. The van der Waals surface area contributed by atoms with E-state index in [4.69, 9.17) is 4.74 Å². The Balaban J connectivity index is 1.64. The van der Waals surface area contributed by atoms with E-state index < -0.39 is 38.9 Å². The number of morpholine rings is 1. The number of fused-ring (bicyclic) bond motifs is 2. The maximum absolute atomic E-state index is 14.5. The third-order valence-corrected chi connectivity index (χ3v) is 9.95. The number of aliphatic hydroxyl groups is 1. The highest BCUT2D eigenvalue weighted by molar-refractivity contribution is 7.89. The van der Waals surface area contributed by atoms with Crippen LogP contribution in [0.4, 0.5) is 5.69 Å². The standard InChI is InChI=1S/C30H36N4O7S/c1-4-14-33-24-9-6-5-8-23(24)30(29(33)38)25(26(35)21-10-12-22(13-11-21)42(39,40)31(2)3)27(36)28(37)34(30)16-7-15-32-17-19-41-20-18-32/h5-6,8-13,35H,4,7,14-20H2,1-3H3/b26-25+. The highest BCUT2D eigenvalue weighted by atomic mass is 32.2. The van der Waals surface area contributed by atoms with Gasteiger partial charge >= 0.3 is 0 Å². The maximum atomic E-state index is 14.5. The van der Waals surface area contributed by atoms with Crippen molar-refractivity contribution in [1.82, 2.24) is 14.1 Å². The van der Waals surface area contributed by atoms with Gasteiger partial charge in [-0.05, 0) is 43.2 Å². The molecule has 11 nitrogen and oxygen atoms in total. The second kappa shape index (κ2) is 11.6. The summed E-state index contributed by atoms with van der Waals surface area (Å²) >= 11 is 0. The van der Waals surface area contributed by atoms with Crippen molar-refractivity contribution < 1.29 is 32.6 Å². The number of carbonyl (C=O) groups excluding carboxylic acids is 3. The van der Waals surface area contributed by atoms with Crippen LogP contribution in [-0.2, 0) is 34.7 Å². The van der Waals surface area contributed by atoms with Crippen molar-refractivity contribution in [2.45, 2.75) is 30.2 Å². The molecule has 0 aromatic heterocycles. The minimum Gasteiger partial charge on any atom is -0.507 e. The molecule has 3 heterocycles. The molecule has 1 unspecified atom stereocenters.